The van der Waals surface area contributed by atoms with E-state index in [0.717, 1.165) is 0 Å². The fourth-order valence-corrected chi connectivity index (χ4v) is 1.65. The molecule has 17 heavy (non-hydrogen) atoms. The fraction of sp³-hybridized carbons (Fsp3) is 0.545. The molecule has 0 aliphatic carbocycles. The quantitative estimate of drug-likeness (QED) is 0.550. The van der Waals surface area contributed by atoms with Crippen LogP contribution in [0.5, 0.6) is 0 Å². The Morgan fingerprint density at radius 1 is 1.59 bits per heavy atom. The van der Waals surface area contributed by atoms with Crippen LogP contribution >= 0.6 is 0 Å². The molecule has 1 unspecified atom stereocenters. The van der Waals surface area contributed by atoms with Gasteiger partial charge in [-0.3, -0.25) is 0 Å². The summed E-state index contributed by atoms with van der Waals surface area (Å²) in [5.74, 6) is 0.0551. The van der Waals surface area contributed by atoms with Gasteiger partial charge >= 0.3 is 5.97 Å². The molecule has 90 valence electrons. The van der Waals surface area contributed by atoms with Crippen molar-refractivity contribution < 1.29 is 9.53 Å². The van der Waals surface area contributed by atoms with E-state index >= 15 is 0 Å². The van der Waals surface area contributed by atoms with Crippen LogP contribution < -0.4 is 5.32 Å². The van der Waals surface area contributed by atoms with Gasteiger partial charge in [-0.15, -0.1) is 0 Å². The molecule has 0 bridgehead atoms. The standard InChI is InChI=1S/C11H14N4O2/c1-3-17-11(16)8(2)15-5-4-14-10(15)9(6-12)7-13/h8,14H,3-5H2,1-2H3. The summed E-state index contributed by atoms with van der Waals surface area (Å²) in [4.78, 5) is 13.3. The van der Waals surface area contributed by atoms with Crippen molar-refractivity contribution in [3.63, 3.8) is 0 Å². The predicted octanol–water partition coefficient (Wildman–Crippen LogP) is 0.102. The molecular formula is C11H14N4O2. The summed E-state index contributed by atoms with van der Waals surface area (Å²) in [6.45, 7) is 4.91. The molecular weight excluding hydrogens is 220 g/mol. The van der Waals surface area contributed by atoms with E-state index in [-0.39, 0.29) is 11.5 Å². The Morgan fingerprint density at radius 3 is 2.76 bits per heavy atom. The third-order valence-corrected chi connectivity index (χ3v) is 2.49. The second-order valence-electron chi connectivity index (χ2n) is 3.50. The molecule has 0 aromatic heterocycles. The SMILES string of the molecule is CCOC(=O)C(C)N1CCNC1=C(C#N)C#N. The van der Waals surface area contributed by atoms with Crippen molar-refractivity contribution in [3.8, 4) is 12.1 Å². The van der Waals surface area contributed by atoms with E-state index in [1.54, 1.807) is 18.7 Å². The van der Waals surface area contributed by atoms with Crippen LogP contribution in [0.15, 0.2) is 11.4 Å². The maximum Gasteiger partial charge on any atom is 0.328 e. The zero-order valence-electron chi connectivity index (χ0n) is 9.86. The molecule has 1 heterocycles. The largest absolute Gasteiger partial charge is 0.464 e. The number of allylic oxidation sites excluding steroid dienone is 1. The van der Waals surface area contributed by atoms with Crippen molar-refractivity contribution in [2.45, 2.75) is 19.9 Å². The van der Waals surface area contributed by atoms with Crippen LogP contribution in [0.3, 0.4) is 0 Å². The molecule has 0 aromatic carbocycles. The minimum Gasteiger partial charge on any atom is -0.464 e. The van der Waals surface area contributed by atoms with E-state index in [0.29, 0.717) is 25.5 Å². The average Bonchev–Trinajstić information content (AvgIpc) is 2.79. The number of nitrogens with zero attached hydrogens (tertiary/aromatic N) is 3. The Balaban J connectivity index is 2.92. The second kappa shape index (κ2) is 5.76. The van der Waals surface area contributed by atoms with Gasteiger partial charge in [0.1, 0.15) is 24.0 Å². The van der Waals surface area contributed by atoms with Gasteiger partial charge in [0.15, 0.2) is 5.57 Å². The number of carbonyl (C=O) groups is 1. The van der Waals surface area contributed by atoms with Crippen molar-refractivity contribution in [1.29, 1.82) is 10.5 Å². The highest BCUT2D eigenvalue weighted by Crippen LogP contribution is 2.16. The number of esters is 1. The van der Waals surface area contributed by atoms with Crippen LogP contribution in [0.4, 0.5) is 0 Å². The molecule has 1 rings (SSSR count). The van der Waals surface area contributed by atoms with Gasteiger partial charge in [-0.1, -0.05) is 0 Å². The minimum atomic E-state index is -0.503. The number of carbonyl (C=O) groups excluding carboxylic acids is 1. The molecule has 0 aromatic rings. The lowest BCUT2D eigenvalue weighted by Gasteiger charge is -2.24. The zero-order valence-corrected chi connectivity index (χ0v) is 9.86. The van der Waals surface area contributed by atoms with Gasteiger partial charge in [0.25, 0.3) is 0 Å². The molecule has 0 saturated carbocycles. The summed E-state index contributed by atoms with van der Waals surface area (Å²) < 4.78 is 4.91. The summed E-state index contributed by atoms with van der Waals surface area (Å²) in [6.07, 6.45) is 0. The van der Waals surface area contributed by atoms with Crippen LogP contribution in [0.1, 0.15) is 13.8 Å². The number of hydrogen-bond donors (Lipinski definition) is 1. The molecule has 1 saturated heterocycles. The summed E-state index contributed by atoms with van der Waals surface area (Å²) in [7, 11) is 0. The lowest BCUT2D eigenvalue weighted by atomic mass is 10.2. The van der Waals surface area contributed by atoms with Crippen molar-refractivity contribution >= 4 is 5.97 Å². The van der Waals surface area contributed by atoms with Crippen LogP contribution in [-0.4, -0.2) is 36.6 Å². The Labute approximate surface area is 100 Å². The van der Waals surface area contributed by atoms with E-state index in [2.05, 4.69) is 5.32 Å². The molecule has 1 atom stereocenters. The van der Waals surface area contributed by atoms with Gasteiger partial charge < -0.3 is 15.0 Å². The molecule has 0 amide bonds. The van der Waals surface area contributed by atoms with Crippen molar-refractivity contribution in [2.24, 2.45) is 0 Å². The van der Waals surface area contributed by atoms with Crippen LogP contribution in [0, 0.1) is 22.7 Å². The maximum absolute atomic E-state index is 11.6. The smallest absolute Gasteiger partial charge is 0.328 e. The van der Waals surface area contributed by atoms with Crippen molar-refractivity contribution in [3.05, 3.63) is 11.4 Å². The molecule has 0 spiro atoms. The summed E-state index contributed by atoms with van der Waals surface area (Å²) in [5, 5.41) is 20.6. The normalized spacial score (nSPS) is 15.5. The number of rotatable bonds is 3. The van der Waals surface area contributed by atoms with Crippen LogP contribution in [0.2, 0.25) is 0 Å². The number of ether oxygens (including phenoxy) is 1. The first-order valence-corrected chi connectivity index (χ1v) is 5.37. The van der Waals surface area contributed by atoms with E-state index in [4.69, 9.17) is 15.3 Å². The molecule has 1 N–H and O–H groups in total. The molecule has 1 aliphatic heterocycles. The van der Waals surface area contributed by atoms with Crippen molar-refractivity contribution in [2.75, 3.05) is 19.7 Å². The van der Waals surface area contributed by atoms with E-state index in [1.807, 2.05) is 12.1 Å². The lowest BCUT2D eigenvalue weighted by molar-refractivity contribution is -0.147. The number of hydrogen-bond acceptors (Lipinski definition) is 6. The van der Waals surface area contributed by atoms with Crippen molar-refractivity contribution in [1.82, 2.24) is 10.2 Å². The second-order valence-corrected chi connectivity index (χ2v) is 3.50. The molecule has 6 heteroatoms. The van der Waals surface area contributed by atoms with E-state index in [1.165, 1.54) is 0 Å². The highest BCUT2D eigenvalue weighted by atomic mass is 16.5. The Bertz CT molecular complexity index is 400. The highest BCUT2D eigenvalue weighted by Gasteiger charge is 2.30. The van der Waals surface area contributed by atoms with Gasteiger partial charge in [0.05, 0.1) is 6.61 Å². The summed E-state index contributed by atoms with van der Waals surface area (Å²) in [5.41, 5.74) is -0.0151. The minimum absolute atomic E-state index is 0.0151. The Hall–Kier alpha value is -2.21. The molecule has 6 nitrogen and oxygen atoms in total. The molecule has 1 aliphatic rings. The first-order chi connectivity index (χ1) is 8.15. The first kappa shape index (κ1) is 12.9. The van der Waals surface area contributed by atoms with E-state index in [9.17, 15) is 4.79 Å². The summed E-state index contributed by atoms with van der Waals surface area (Å²) in [6, 6.07) is 3.12. The third-order valence-electron chi connectivity index (χ3n) is 2.49. The van der Waals surface area contributed by atoms with Gasteiger partial charge in [-0.25, -0.2) is 4.79 Å². The monoisotopic (exact) mass is 234 g/mol. The zero-order chi connectivity index (χ0) is 12.8. The molecule has 1 fully saturated rings. The topological polar surface area (TPSA) is 89.2 Å². The lowest BCUT2D eigenvalue weighted by Crippen LogP contribution is -2.38. The van der Waals surface area contributed by atoms with Crippen LogP contribution in [0.25, 0.3) is 0 Å². The number of nitrogens with one attached hydrogen (secondary N) is 1. The maximum atomic E-state index is 11.6. The van der Waals surface area contributed by atoms with Gasteiger partial charge in [0, 0.05) is 13.1 Å². The molecule has 0 radical (unpaired) electrons. The average molecular weight is 234 g/mol. The van der Waals surface area contributed by atoms with Gasteiger partial charge in [-0.05, 0) is 13.8 Å². The summed E-state index contributed by atoms with van der Waals surface area (Å²) >= 11 is 0. The Morgan fingerprint density at radius 2 is 2.24 bits per heavy atom. The van der Waals surface area contributed by atoms with E-state index < -0.39 is 6.04 Å². The number of nitriles is 2. The predicted molar refractivity (Wildman–Crippen MR) is 59.1 cm³/mol. The Kier molecular flexibility index (Phi) is 4.36. The fourth-order valence-electron chi connectivity index (χ4n) is 1.65. The first-order valence-electron chi connectivity index (χ1n) is 5.37. The van der Waals surface area contributed by atoms with Crippen LogP contribution in [-0.2, 0) is 9.53 Å². The highest BCUT2D eigenvalue weighted by molar-refractivity contribution is 5.75. The van der Waals surface area contributed by atoms with Gasteiger partial charge in [0.2, 0.25) is 0 Å². The third kappa shape index (κ3) is 2.67. The van der Waals surface area contributed by atoms with Gasteiger partial charge in [-0.2, -0.15) is 10.5 Å².